The first-order chi connectivity index (χ1) is 7.38. The molecule has 1 aromatic carbocycles. The first-order valence-corrected chi connectivity index (χ1v) is 5.28. The molecule has 1 N–H and O–H groups in total. The van der Waals surface area contributed by atoms with E-state index in [1.807, 2.05) is 25.1 Å². The van der Waals surface area contributed by atoms with Gasteiger partial charge in [0, 0.05) is 25.3 Å². The van der Waals surface area contributed by atoms with Crippen LogP contribution in [0, 0.1) is 0 Å². The second-order valence-corrected chi connectivity index (χ2v) is 3.19. The van der Waals surface area contributed by atoms with Crippen LogP contribution < -0.4 is 10.1 Å². The van der Waals surface area contributed by atoms with E-state index in [-0.39, 0.29) is 0 Å². The Morgan fingerprint density at radius 2 is 2.07 bits per heavy atom. The van der Waals surface area contributed by atoms with E-state index in [4.69, 9.17) is 9.47 Å². The maximum absolute atomic E-state index is 5.25. The van der Waals surface area contributed by atoms with E-state index in [0.29, 0.717) is 0 Å². The van der Waals surface area contributed by atoms with E-state index >= 15 is 0 Å². The Balaban J connectivity index is 2.30. The smallest absolute Gasteiger partial charge is 0.123 e. The maximum atomic E-state index is 5.25. The molecule has 15 heavy (non-hydrogen) atoms. The molecule has 3 nitrogen and oxygen atoms in total. The lowest BCUT2D eigenvalue weighted by Gasteiger charge is -2.09. The minimum Gasteiger partial charge on any atom is -0.496 e. The van der Waals surface area contributed by atoms with Crippen LogP contribution in [-0.2, 0) is 11.3 Å². The molecule has 0 bridgehead atoms. The van der Waals surface area contributed by atoms with Crippen molar-refractivity contribution in [2.24, 2.45) is 0 Å². The zero-order valence-corrected chi connectivity index (χ0v) is 9.45. The quantitative estimate of drug-likeness (QED) is 0.695. The van der Waals surface area contributed by atoms with Crippen LogP contribution in [0.15, 0.2) is 24.3 Å². The summed E-state index contributed by atoms with van der Waals surface area (Å²) in [5.74, 6) is 0.932. The van der Waals surface area contributed by atoms with Crippen LogP contribution in [0.1, 0.15) is 12.5 Å². The summed E-state index contributed by atoms with van der Waals surface area (Å²) in [6, 6.07) is 8.02. The predicted octanol–water partition coefficient (Wildman–Crippen LogP) is 1.82. The SMILES string of the molecule is CCOCCNCc1ccccc1OC. The molecule has 0 heterocycles. The Hall–Kier alpha value is -1.06. The molecular weight excluding hydrogens is 190 g/mol. The van der Waals surface area contributed by atoms with Gasteiger partial charge in [0.15, 0.2) is 0 Å². The number of nitrogens with one attached hydrogen (secondary N) is 1. The Bertz CT molecular complexity index is 276. The summed E-state index contributed by atoms with van der Waals surface area (Å²) in [4.78, 5) is 0. The highest BCUT2D eigenvalue weighted by molar-refractivity contribution is 5.32. The van der Waals surface area contributed by atoms with Gasteiger partial charge in [-0.2, -0.15) is 0 Å². The van der Waals surface area contributed by atoms with Gasteiger partial charge in [0.2, 0.25) is 0 Å². The fourth-order valence-electron chi connectivity index (χ4n) is 1.36. The number of rotatable bonds is 7. The second-order valence-electron chi connectivity index (χ2n) is 3.19. The van der Waals surface area contributed by atoms with E-state index in [9.17, 15) is 0 Å². The first-order valence-electron chi connectivity index (χ1n) is 5.28. The minimum atomic E-state index is 0.756. The molecule has 3 heteroatoms. The molecule has 0 aliphatic rings. The molecule has 1 aromatic rings. The van der Waals surface area contributed by atoms with E-state index in [2.05, 4.69) is 11.4 Å². The third-order valence-corrected chi connectivity index (χ3v) is 2.14. The topological polar surface area (TPSA) is 30.5 Å². The Labute approximate surface area is 91.4 Å². The molecule has 0 aromatic heterocycles. The Morgan fingerprint density at radius 3 is 2.80 bits per heavy atom. The fourth-order valence-corrected chi connectivity index (χ4v) is 1.36. The third kappa shape index (κ3) is 4.32. The van der Waals surface area contributed by atoms with Crippen LogP contribution in [0.5, 0.6) is 5.75 Å². The van der Waals surface area contributed by atoms with Crippen molar-refractivity contribution in [1.29, 1.82) is 0 Å². The number of benzene rings is 1. The van der Waals surface area contributed by atoms with Crippen molar-refractivity contribution in [3.63, 3.8) is 0 Å². The van der Waals surface area contributed by atoms with Crippen molar-refractivity contribution in [1.82, 2.24) is 5.32 Å². The number of hydrogen-bond acceptors (Lipinski definition) is 3. The molecule has 0 saturated carbocycles. The number of methoxy groups -OCH3 is 1. The molecule has 0 fully saturated rings. The third-order valence-electron chi connectivity index (χ3n) is 2.14. The van der Waals surface area contributed by atoms with Crippen LogP contribution in [-0.4, -0.2) is 26.9 Å². The number of hydrogen-bond donors (Lipinski definition) is 1. The maximum Gasteiger partial charge on any atom is 0.123 e. The summed E-state index contributed by atoms with van der Waals surface area (Å²) in [5.41, 5.74) is 1.18. The number of para-hydroxylation sites is 1. The van der Waals surface area contributed by atoms with Gasteiger partial charge in [0.25, 0.3) is 0 Å². The normalized spacial score (nSPS) is 10.3. The molecule has 0 amide bonds. The summed E-state index contributed by atoms with van der Waals surface area (Å²) in [6.45, 7) is 5.21. The molecule has 0 radical (unpaired) electrons. The van der Waals surface area contributed by atoms with Crippen LogP contribution in [0.4, 0.5) is 0 Å². The molecule has 0 spiro atoms. The van der Waals surface area contributed by atoms with Crippen LogP contribution >= 0.6 is 0 Å². The van der Waals surface area contributed by atoms with E-state index in [0.717, 1.165) is 32.1 Å². The summed E-state index contributed by atoms with van der Waals surface area (Å²) in [7, 11) is 1.69. The van der Waals surface area contributed by atoms with Crippen LogP contribution in [0.3, 0.4) is 0 Å². The van der Waals surface area contributed by atoms with Crippen molar-refractivity contribution in [2.45, 2.75) is 13.5 Å². The molecule has 0 aliphatic heterocycles. The standard InChI is InChI=1S/C12H19NO2/c1-3-15-9-8-13-10-11-6-4-5-7-12(11)14-2/h4-7,13H,3,8-10H2,1-2H3. The Kier molecular flexibility index (Phi) is 5.81. The zero-order chi connectivity index (χ0) is 10.9. The molecule has 0 saturated heterocycles. The van der Waals surface area contributed by atoms with Crippen LogP contribution in [0.25, 0.3) is 0 Å². The van der Waals surface area contributed by atoms with Crippen molar-refractivity contribution < 1.29 is 9.47 Å². The lowest BCUT2D eigenvalue weighted by Crippen LogP contribution is -2.19. The highest BCUT2D eigenvalue weighted by Gasteiger charge is 1.99. The monoisotopic (exact) mass is 209 g/mol. The highest BCUT2D eigenvalue weighted by Crippen LogP contribution is 2.16. The van der Waals surface area contributed by atoms with Gasteiger partial charge in [-0.25, -0.2) is 0 Å². The average molecular weight is 209 g/mol. The average Bonchev–Trinajstić information content (AvgIpc) is 2.29. The van der Waals surface area contributed by atoms with Gasteiger partial charge in [-0.15, -0.1) is 0 Å². The van der Waals surface area contributed by atoms with Gasteiger partial charge in [0.05, 0.1) is 13.7 Å². The minimum absolute atomic E-state index is 0.756. The highest BCUT2D eigenvalue weighted by atomic mass is 16.5. The van der Waals surface area contributed by atoms with Crippen LogP contribution in [0.2, 0.25) is 0 Å². The van der Waals surface area contributed by atoms with Crippen molar-refractivity contribution in [3.8, 4) is 5.75 Å². The summed E-state index contributed by atoms with van der Waals surface area (Å²) < 4.78 is 10.5. The first kappa shape index (κ1) is 12.0. The van der Waals surface area contributed by atoms with E-state index in [1.165, 1.54) is 5.56 Å². The van der Waals surface area contributed by atoms with Crippen molar-refractivity contribution in [3.05, 3.63) is 29.8 Å². The largest absolute Gasteiger partial charge is 0.496 e. The van der Waals surface area contributed by atoms with Gasteiger partial charge in [-0.1, -0.05) is 18.2 Å². The van der Waals surface area contributed by atoms with Gasteiger partial charge in [-0.05, 0) is 13.0 Å². The lowest BCUT2D eigenvalue weighted by atomic mass is 10.2. The molecule has 84 valence electrons. The number of ether oxygens (including phenoxy) is 2. The van der Waals surface area contributed by atoms with Gasteiger partial charge >= 0.3 is 0 Å². The predicted molar refractivity (Wildman–Crippen MR) is 61.2 cm³/mol. The molecular formula is C12H19NO2. The van der Waals surface area contributed by atoms with Crippen molar-refractivity contribution in [2.75, 3.05) is 26.9 Å². The lowest BCUT2D eigenvalue weighted by molar-refractivity contribution is 0.149. The summed E-state index contributed by atoms with van der Waals surface area (Å²) >= 11 is 0. The van der Waals surface area contributed by atoms with Gasteiger partial charge in [-0.3, -0.25) is 0 Å². The van der Waals surface area contributed by atoms with E-state index < -0.39 is 0 Å². The van der Waals surface area contributed by atoms with Gasteiger partial charge in [0.1, 0.15) is 5.75 Å². The fraction of sp³-hybridized carbons (Fsp3) is 0.500. The summed E-state index contributed by atoms with van der Waals surface area (Å²) in [6.07, 6.45) is 0. The van der Waals surface area contributed by atoms with E-state index in [1.54, 1.807) is 7.11 Å². The van der Waals surface area contributed by atoms with Gasteiger partial charge < -0.3 is 14.8 Å². The summed E-state index contributed by atoms with van der Waals surface area (Å²) in [5, 5.41) is 3.31. The molecule has 1 rings (SSSR count). The van der Waals surface area contributed by atoms with Crippen molar-refractivity contribution >= 4 is 0 Å². The Morgan fingerprint density at radius 1 is 1.27 bits per heavy atom. The zero-order valence-electron chi connectivity index (χ0n) is 9.45. The molecule has 0 atom stereocenters. The molecule has 0 aliphatic carbocycles. The second kappa shape index (κ2) is 7.26. The molecule has 0 unspecified atom stereocenters.